The minimum absolute atomic E-state index is 0.261. The van der Waals surface area contributed by atoms with Gasteiger partial charge < -0.3 is 4.90 Å². The van der Waals surface area contributed by atoms with Crippen LogP contribution in [0.2, 0.25) is 5.02 Å². The maximum absolute atomic E-state index is 12.9. The molecule has 0 aromatic heterocycles. The first kappa shape index (κ1) is 19.2. The molecule has 4 nitrogen and oxygen atoms in total. The van der Waals surface area contributed by atoms with Crippen molar-refractivity contribution < 1.29 is 8.42 Å². The third-order valence-corrected chi connectivity index (χ3v) is 7.01. The van der Waals surface area contributed by atoms with E-state index in [0.29, 0.717) is 37.1 Å². The quantitative estimate of drug-likeness (QED) is 0.779. The molecule has 140 valence electrons. The average molecular weight is 393 g/mol. The third-order valence-electron chi connectivity index (χ3n) is 4.88. The summed E-state index contributed by atoms with van der Waals surface area (Å²) in [5.74, 6) is 0.429. The zero-order valence-corrected chi connectivity index (χ0v) is 17.0. The van der Waals surface area contributed by atoms with E-state index in [9.17, 15) is 8.42 Å². The predicted molar refractivity (Wildman–Crippen MR) is 108 cm³/mol. The van der Waals surface area contributed by atoms with Gasteiger partial charge in [-0.3, -0.25) is 0 Å². The predicted octanol–water partition coefficient (Wildman–Crippen LogP) is 4.28. The fraction of sp³-hybridized carbons (Fsp3) is 0.400. The Bertz CT molecular complexity index is 888. The molecule has 6 heteroatoms. The van der Waals surface area contributed by atoms with Crippen molar-refractivity contribution in [2.24, 2.45) is 0 Å². The monoisotopic (exact) mass is 392 g/mol. The fourth-order valence-corrected chi connectivity index (χ4v) is 5.23. The van der Waals surface area contributed by atoms with Crippen molar-refractivity contribution in [1.82, 2.24) is 4.31 Å². The van der Waals surface area contributed by atoms with Crippen molar-refractivity contribution in [2.75, 3.05) is 31.1 Å². The molecule has 1 aliphatic heterocycles. The number of halogens is 1. The van der Waals surface area contributed by atoms with Gasteiger partial charge in [-0.2, -0.15) is 4.31 Å². The van der Waals surface area contributed by atoms with Gasteiger partial charge in [-0.1, -0.05) is 49.7 Å². The Morgan fingerprint density at radius 2 is 1.65 bits per heavy atom. The molecule has 26 heavy (non-hydrogen) atoms. The number of anilines is 1. The van der Waals surface area contributed by atoms with E-state index in [1.165, 1.54) is 22.9 Å². The lowest BCUT2D eigenvalue weighted by Crippen LogP contribution is -2.49. The zero-order valence-electron chi connectivity index (χ0n) is 15.4. The molecule has 2 aromatic rings. The number of para-hydroxylation sites is 1. The van der Waals surface area contributed by atoms with Crippen molar-refractivity contribution in [3.05, 3.63) is 58.6 Å². The Morgan fingerprint density at radius 1 is 1.00 bits per heavy atom. The first-order valence-corrected chi connectivity index (χ1v) is 10.7. The van der Waals surface area contributed by atoms with Gasteiger partial charge in [0.1, 0.15) is 0 Å². The molecule has 0 amide bonds. The molecule has 0 saturated carbocycles. The Kier molecular flexibility index (Phi) is 5.61. The summed E-state index contributed by atoms with van der Waals surface area (Å²) in [4.78, 5) is 2.58. The van der Waals surface area contributed by atoms with Crippen LogP contribution in [0.15, 0.2) is 47.4 Å². The summed E-state index contributed by atoms with van der Waals surface area (Å²) in [6.45, 7) is 8.82. The van der Waals surface area contributed by atoms with E-state index >= 15 is 0 Å². The number of sulfonamides is 1. The molecular formula is C20H25ClN2O2S. The van der Waals surface area contributed by atoms with Gasteiger partial charge >= 0.3 is 0 Å². The summed E-state index contributed by atoms with van der Waals surface area (Å²) < 4.78 is 27.3. The molecule has 0 radical (unpaired) electrons. The highest BCUT2D eigenvalue weighted by molar-refractivity contribution is 7.89. The van der Waals surface area contributed by atoms with Gasteiger partial charge in [-0.25, -0.2) is 8.42 Å². The summed E-state index contributed by atoms with van der Waals surface area (Å²) >= 11 is 5.97. The van der Waals surface area contributed by atoms with Crippen molar-refractivity contribution >= 4 is 27.3 Å². The number of piperazine rings is 1. The lowest BCUT2D eigenvalue weighted by atomic mass is 9.97. The van der Waals surface area contributed by atoms with Crippen LogP contribution in [-0.4, -0.2) is 38.9 Å². The number of hydrogen-bond donors (Lipinski definition) is 0. The highest BCUT2D eigenvalue weighted by atomic mass is 35.5. The molecule has 0 N–H and O–H groups in total. The molecule has 0 unspecified atom stereocenters. The smallest absolute Gasteiger partial charge is 0.243 e. The Hall–Kier alpha value is -1.56. The van der Waals surface area contributed by atoms with Crippen LogP contribution in [0.4, 0.5) is 5.69 Å². The molecule has 1 saturated heterocycles. The van der Waals surface area contributed by atoms with E-state index in [4.69, 9.17) is 11.6 Å². The minimum atomic E-state index is -3.50. The fourth-order valence-electron chi connectivity index (χ4n) is 3.51. The van der Waals surface area contributed by atoms with E-state index in [0.717, 1.165) is 0 Å². The molecule has 1 heterocycles. The van der Waals surface area contributed by atoms with E-state index in [2.05, 4.69) is 43.9 Å². The minimum Gasteiger partial charge on any atom is -0.368 e. The molecule has 3 rings (SSSR count). The normalized spacial score (nSPS) is 16.3. The van der Waals surface area contributed by atoms with Crippen molar-refractivity contribution in [3.8, 4) is 0 Å². The van der Waals surface area contributed by atoms with Gasteiger partial charge in [-0.15, -0.1) is 0 Å². The second-order valence-electron chi connectivity index (χ2n) is 7.02. The largest absolute Gasteiger partial charge is 0.368 e. The standard InChI is InChI=1S/C20H25ClN2O2S/c1-15(2)19-9-4-6-16(3)20(19)22-10-12-23(13-11-22)26(24,25)18-8-5-7-17(21)14-18/h4-9,14-15H,10-13H2,1-3H3. The Labute approximate surface area is 161 Å². The number of benzene rings is 2. The molecule has 2 aromatic carbocycles. The number of hydrogen-bond acceptors (Lipinski definition) is 3. The van der Waals surface area contributed by atoms with Gasteiger partial charge in [-0.05, 0) is 42.2 Å². The van der Waals surface area contributed by atoms with Crippen LogP contribution in [0.5, 0.6) is 0 Å². The summed E-state index contributed by atoms with van der Waals surface area (Å²) in [5, 5.41) is 0.436. The maximum Gasteiger partial charge on any atom is 0.243 e. The first-order chi connectivity index (χ1) is 12.3. The van der Waals surface area contributed by atoms with Crippen LogP contribution in [0.3, 0.4) is 0 Å². The topological polar surface area (TPSA) is 40.6 Å². The highest BCUT2D eigenvalue weighted by Crippen LogP contribution is 2.32. The van der Waals surface area contributed by atoms with Crippen molar-refractivity contribution in [1.29, 1.82) is 0 Å². The molecule has 1 fully saturated rings. The third kappa shape index (κ3) is 3.75. The van der Waals surface area contributed by atoms with Crippen LogP contribution in [0.25, 0.3) is 0 Å². The van der Waals surface area contributed by atoms with Crippen molar-refractivity contribution in [2.45, 2.75) is 31.6 Å². The van der Waals surface area contributed by atoms with E-state index < -0.39 is 10.0 Å². The summed E-state index contributed by atoms with van der Waals surface area (Å²) in [6.07, 6.45) is 0. The van der Waals surface area contributed by atoms with Gasteiger partial charge in [0.2, 0.25) is 10.0 Å². The maximum atomic E-state index is 12.9. The van der Waals surface area contributed by atoms with Gasteiger partial charge in [0.05, 0.1) is 4.90 Å². The zero-order chi connectivity index (χ0) is 18.9. The number of aryl methyl sites for hydroxylation is 1. The second kappa shape index (κ2) is 7.59. The number of nitrogens with zero attached hydrogens (tertiary/aromatic N) is 2. The van der Waals surface area contributed by atoms with Gasteiger partial charge in [0.15, 0.2) is 0 Å². The van der Waals surface area contributed by atoms with Crippen LogP contribution < -0.4 is 4.90 Å². The Balaban J connectivity index is 1.80. The number of rotatable bonds is 4. The molecule has 0 aliphatic carbocycles. The molecule has 0 bridgehead atoms. The Morgan fingerprint density at radius 3 is 2.27 bits per heavy atom. The van der Waals surface area contributed by atoms with Crippen LogP contribution >= 0.6 is 11.6 Å². The van der Waals surface area contributed by atoms with E-state index in [1.54, 1.807) is 22.5 Å². The van der Waals surface area contributed by atoms with E-state index in [1.807, 2.05) is 0 Å². The molecule has 1 aliphatic rings. The second-order valence-corrected chi connectivity index (χ2v) is 9.39. The molecule has 0 atom stereocenters. The SMILES string of the molecule is Cc1cccc(C(C)C)c1N1CCN(S(=O)(=O)c2cccc(Cl)c2)CC1. The highest BCUT2D eigenvalue weighted by Gasteiger charge is 2.29. The molecular weight excluding hydrogens is 368 g/mol. The summed E-state index contributed by atoms with van der Waals surface area (Å²) in [5.41, 5.74) is 3.81. The average Bonchev–Trinajstić information content (AvgIpc) is 2.61. The summed E-state index contributed by atoms with van der Waals surface area (Å²) in [6, 6.07) is 12.9. The van der Waals surface area contributed by atoms with Gasteiger partial charge in [0.25, 0.3) is 0 Å². The van der Waals surface area contributed by atoms with Crippen LogP contribution in [0.1, 0.15) is 30.9 Å². The lowest BCUT2D eigenvalue weighted by Gasteiger charge is -2.37. The molecule has 0 spiro atoms. The lowest BCUT2D eigenvalue weighted by molar-refractivity contribution is 0.384. The summed E-state index contributed by atoms with van der Waals surface area (Å²) in [7, 11) is -3.50. The van der Waals surface area contributed by atoms with Crippen molar-refractivity contribution in [3.63, 3.8) is 0 Å². The van der Waals surface area contributed by atoms with Gasteiger partial charge in [0, 0.05) is 36.9 Å². The van der Waals surface area contributed by atoms with Crippen LogP contribution in [0, 0.1) is 6.92 Å². The first-order valence-electron chi connectivity index (χ1n) is 8.91. The van der Waals surface area contributed by atoms with E-state index in [-0.39, 0.29) is 4.90 Å². The van der Waals surface area contributed by atoms with Crippen LogP contribution in [-0.2, 0) is 10.0 Å².